The van der Waals surface area contributed by atoms with Crippen LogP contribution in [0.3, 0.4) is 0 Å². The SMILES string of the molecule is Cc1ccc(C(=O)Cn2cnc3c2c(=O)n(CC(C)C)c(=O)n3-c2ccccc2Cl)cc1. The zero-order chi connectivity index (χ0) is 23.0. The van der Waals surface area contributed by atoms with Crippen LogP contribution in [0, 0.1) is 12.8 Å². The van der Waals surface area contributed by atoms with Crippen LogP contribution in [-0.4, -0.2) is 24.5 Å². The molecule has 32 heavy (non-hydrogen) atoms. The number of para-hydroxylation sites is 1. The summed E-state index contributed by atoms with van der Waals surface area (Å²) < 4.78 is 4.03. The molecule has 0 atom stereocenters. The molecule has 0 bridgehead atoms. The second kappa shape index (κ2) is 8.59. The number of ketones is 1. The minimum atomic E-state index is -0.514. The normalized spacial score (nSPS) is 11.4. The van der Waals surface area contributed by atoms with E-state index >= 15 is 0 Å². The van der Waals surface area contributed by atoms with E-state index in [1.165, 1.54) is 20.0 Å². The second-order valence-electron chi connectivity index (χ2n) is 8.21. The Morgan fingerprint density at radius 3 is 2.41 bits per heavy atom. The van der Waals surface area contributed by atoms with E-state index in [-0.39, 0.29) is 36.0 Å². The maximum Gasteiger partial charge on any atom is 0.337 e. The Morgan fingerprint density at radius 2 is 1.75 bits per heavy atom. The number of Topliss-reactive ketones (excluding diaryl/α,β-unsaturated/α-hetero) is 1. The van der Waals surface area contributed by atoms with Gasteiger partial charge in [0.2, 0.25) is 0 Å². The third-order valence-corrected chi connectivity index (χ3v) is 5.55. The predicted octanol–water partition coefficient (Wildman–Crippen LogP) is 3.85. The van der Waals surface area contributed by atoms with E-state index in [4.69, 9.17) is 11.6 Å². The van der Waals surface area contributed by atoms with Crippen LogP contribution in [0.25, 0.3) is 16.9 Å². The molecule has 4 rings (SSSR count). The number of fused-ring (bicyclic) bond motifs is 1. The van der Waals surface area contributed by atoms with E-state index in [9.17, 15) is 14.4 Å². The summed E-state index contributed by atoms with van der Waals surface area (Å²) in [6, 6.07) is 14.1. The summed E-state index contributed by atoms with van der Waals surface area (Å²) in [6.07, 6.45) is 1.42. The van der Waals surface area contributed by atoms with Crippen LogP contribution in [0.15, 0.2) is 64.4 Å². The van der Waals surface area contributed by atoms with Crippen LogP contribution >= 0.6 is 11.6 Å². The number of benzene rings is 2. The minimum Gasteiger partial charge on any atom is -0.317 e. The maximum atomic E-state index is 13.3. The van der Waals surface area contributed by atoms with Gasteiger partial charge < -0.3 is 4.57 Å². The van der Waals surface area contributed by atoms with Gasteiger partial charge in [-0.15, -0.1) is 0 Å². The quantitative estimate of drug-likeness (QED) is 0.418. The van der Waals surface area contributed by atoms with Gasteiger partial charge in [0, 0.05) is 12.1 Å². The second-order valence-corrected chi connectivity index (χ2v) is 8.62. The average Bonchev–Trinajstić information content (AvgIpc) is 3.16. The molecule has 164 valence electrons. The number of hydrogen-bond acceptors (Lipinski definition) is 4. The molecular weight excluding hydrogens is 428 g/mol. The van der Waals surface area contributed by atoms with Crippen molar-refractivity contribution in [3.05, 3.63) is 91.8 Å². The largest absolute Gasteiger partial charge is 0.337 e. The minimum absolute atomic E-state index is 0.0584. The summed E-state index contributed by atoms with van der Waals surface area (Å²) in [4.78, 5) is 43.9. The third kappa shape index (κ3) is 3.91. The molecule has 0 radical (unpaired) electrons. The van der Waals surface area contributed by atoms with Gasteiger partial charge in [-0.2, -0.15) is 0 Å². The molecule has 0 amide bonds. The van der Waals surface area contributed by atoms with E-state index in [1.54, 1.807) is 36.4 Å². The first-order valence-electron chi connectivity index (χ1n) is 10.3. The Kier molecular flexibility index (Phi) is 5.84. The number of halogens is 1. The van der Waals surface area contributed by atoms with Crippen molar-refractivity contribution in [2.75, 3.05) is 0 Å². The molecular formula is C24H23ClN4O3. The van der Waals surface area contributed by atoms with E-state index < -0.39 is 11.2 Å². The highest BCUT2D eigenvalue weighted by atomic mass is 35.5. The molecule has 0 saturated carbocycles. The Labute approximate surface area is 189 Å². The molecule has 0 N–H and O–H groups in total. The van der Waals surface area contributed by atoms with Gasteiger partial charge in [-0.05, 0) is 25.0 Å². The molecule has 0 aliphatic carbocycles. The van der Waals surface area contributed by atoms with Crippen molar-refractivity contribution < 1.29 is 4.79 Å². The number of hydrogen-bond donors (Lipinski definition) is 0. The molecule has 2 heterocycles. The number of aryl methyl sites for hydroxylation is 1. The molecule has 0 fully saturated rings. The zero-order valence-corrected chi connectivity index (χ0v) is 18.8. The summed E-state index contributed by atoms with van der Waals surface area (Å²) in [5.74, 6) is -0.0993. The topological polar surface area (TPSA) is 78.9 Å². The van der Waals surface area contributed by atoms with Crippen LogP contribution in [0.1, 0.15) is 29.8 Å². The molecule has 2 aromatic heterocycles. The molecule has 4 aromatic rings. The standard InChI is InChI=1S/C24H23ClN4O3/c1-15(2)12-28-23(31)21-22(29(24(28)32)19-7-5-4-6-18(19)25)26-14-27(21)13-20(30)17-10-8-16(3)9-11-17/h4-11,14-15H,12-13H2,1-3H3. The van der Waals surface area contributed by atoms with Crippen molar-refractivity contribution in [3.8, 4) is 5.69 Å². The molecule has 0 aliphatic heterocycles. The first-order chi connectivity index (χ1) is 15.3. The summed E-state index contributed by atoms with van der Waals surface area (Å²) in [5.41, 5.74) is 1.39. The van der Waals surface area contributed by atoms with Gasteiger partial charge in [-0.3, -0.25) is 14.2 Å². The number of aromatic nitrogens is 4. The molecule has 7 nitrogen and oxygen atoms in total. The van der Waals surface area contributed by atoms with Crippen molar-refractivity contribution in [3.63, 3.8) is 0 Å². The zero-order valence-electron chi connectivity index (χ0n) is 18.1. The highest BCUT2D eigenvalue weighted by molar-refractivity contribution is 6.32. The first kappa shape index (κ1) is 21.8. The number of nitrogens with zero attached hydrogens (tertiary/aromatic N) is 4. The highest BCUT2D eigenvalue weighted by Gasteiger charge is 2.22. The molecule has 8 heteroatoms. The molecule has 0 spiro atoms. The Morgan fingerprint density at radius 1 is 1.06 bits per heavy atom. The van der Waals surface area contributed by atoms with Crippen molar-refractivity contribution in [1.82, 2.24) is 18.7 Å². The highest BCUT2D eigenvalue weighted by Crippen LogP contribution is 2.21. The Hall–Kier alpha value is -3.45. The fourth-order valence-corrected chi connectivity index (χ4v) is 3.88. The lowest BCUT2D eigenvalue weighted by Gasteiger charge is -2.14. The number of carbonyl (C=O) groups is 1. The smallest absolute Gasteiger partial charge is 0.317 e. The average molecular weight is 451 g/mol. The fraction of sp³-hybridized carbons (Fsp3) is 0.250. The van der Waals surface area contributed by atoms with Crippen LogP contribution in [0.5, 0.6) is 0 Å². The van der Waals surface area contributed by atoms with Crippen LogP contribution < -0.4 is 11.2 Å². The van der Waals surface area contributed by atoms with Crippen molar-refractivity contribution >= 4 is 28.5 Å². The van der Waals surface area contributed by atoms with Crippen molar-refractivity contribution in [2.24, 2.45) is 5.92 Å². The number of rotatable bonds is 6. The summed E-state index contributed by atoms with van der Waals surface area (Å²) in [5, 5.41) is 0.357. The maximum absolute atomic E-state index is 13.3. The van der Waals surface area contributed by atoms with Crippen LogP contribution in [-0.2, 0) is 13.1 Å². The Bertz CT molecular complexity index is 1430. The first-order valence-corrected chi connectivity index (χ1v) is 10.7. The van der Waals surface area contributed by atoms with Crippen molar-refractivity contribution in [2.45, 2.75) is 33.9 Å². The molecule has 0 saturated heterocycles. The number of carbonyl (C=O) groups excluding carboxylic acids is 1. The van der Waals surface area contributed by atoms with E-state index in [1.807, 2.05) is 32.9 Å². The molecule has 0 unspecified atom stereocenters. The molecule has 0 aliphatic rings. The van der Waals surface area contributed by atoms with Gasteiger partial charge in [0.05, 0.1) is 23.6 Å². The van der Waals surface area contributed by atoms with Gasteiger partial charge in [-0.1, -0.05) is 67.4 Å². The molecule has 2 aromatic carbocycles. The summed E-state index contributed by atoms with van der Waals surface area (Å²) >= 11 is 6.38. The summed E-state index contributed by atoms with van der Waals surface area (Å²) in [7, 11) is 0. The third-order valence-electron chi connectivity index (χ3n) is 5.23. The monoisotopic (exact) mass is 450 g/mol. The van der Waals surface area contributed by atoms with Gasteiger partial charge in [0.1, 0.15) is 0 Å². The van der Waals surface area contributed by atoms with Crippen LogP contribution in [0.4, 0.5) is 0 Å². The van der Waals surface area contributed by atoms with Crippen LogP contribution in [0.2, 0.25) is 5.02 Å². The van der Waals surface area contributed by atoms with E-state index in [0.29, 0.717) is 16.3 Å². The lowest BCUT2D eigenvalue weighted by Crippen LogP contribution is -2.41. The lowest BCUT2D eigenvalue weighted by molar-refractivity contribution is 0.0973. The Balaban J connectivity index is 1.94. The summed E-state index contributed by atoms with van der Waals surface area (Å²) in [6.45, 7) is 5.96. The predicted molar refractivity (Wildman–Crippen MR) is 125 cm³/mol. The van der Waals surface area contributed by atoms with Gasteiger partial charge in [0.25, 0.3) is 5.56 Å². The van der Waals surface area contributed by atoms with Crippen molar-refractivity contribution in [1.29, 1.82) is 0 Å². The van der Waals surface area contributed by atoms with Gasteiger partial charge in [0.15, 0.2) is 16.9 Å². The van der Waals surface area contributed by atoms with Gasteiger partial charge >= 0.3 is 5.69 Å². The van der Waals surface area contributed by atoms with E-state index in [2.05, 4.69) is 4.98 Å². The van der Waals surface area contributed by atoms with E-state index in [0.717, 1.165) is 5.56 Å². The lowest BCUT2D eigenvalue weighted by atomic mass is 10.1. The number of imidazole rings is 1. The van der Waals surface area contributed by atoms with Gasteiger partial charge in [-0.25, -0.2) is 14.3 Å². The fourth-order valence-electron chi connectivity index (χ4n) is 3.66.